The summed E-state index contributed by atoms with van der Waals surface area (Å²) in [4.78, 5) is 9.75. The molecule has 0 N–H and O–H groups in total. The van der Waals surface area contributed by atoms with Gasteiger partial charge in [0.05, 0.1) is 12.1 Å². The topological polar surface area (TPSA) is 43.4 Å². The summed E-state index contributed by atoms with van der Waals surface area (Å²) in [7, 11) is -6.00. The van der Waals surface area contributed by atoms with E-state index in [-0.39, 0.29) is 0 Å². The van der Waals surface area contributed by atoms with Crippen molar-refractivity contribution >= 4 is 19.5 Å². The van der Waals surface area contributed by atoms with Crippen molar-refractivity contribution in [2.75, 3.05) is 0 Å². The summed E-state index contributed by atoms with van der Waals surface area (Å²) in [6.45, 7) is 26.3. The van der Waals surface area contributed by atoms with Gasteiger partial charge in [-0.3, -0.25) is 0 Å². The fraction of sp³-hybridized carbons (Fsp3) is 0.696. The van der Waals surface area contributed by atoms with Gasteiger partial charge in [0.15, 0.2) is 6.34 Å². The maximum Gasteiger partial charge on any atom is 0.673 e. The summed E-state index contributed by atoms with van der Waals surface area (Å²) >= 11 is 0. The molecular formula is C23H41BF4N6. The van der Waals surface area contributed by atoms with Crippen LogP contribution >= 0.6 is 0 Å². The van der Waals surface area contributed by atoms with Gasteiger partial charge in [0.2, 0.25) is 5.62 Å². The zero-order valence-electron chi connectivity index (χ0n) is 22.7. The van der Waals surface area contributed by atoms with E-state index in [1.54, 1.807) is 6.34 Å². The molecule has 0 radical (unpaired) electrons. The summed E-state index contributed by atoms with van der Waals surface area (Å²) in [5.41, 5.74) is 6.00. The van der Waals surface area contributed by atoms with Crippen molar-refractivity contribution in [2.24, 2.45) is 9.98 Å². The van der Waals surface area contributed by atoms with E-state index in [4.69, 9.17) is 9.98 Å². The van der Waals surface area contributed by atoms with E-state index >= 15 is 0 Å². The first-order valence-corrected chi connectivity index (χ1v) is 11.8. The Balaban J connectivity index is 0.00000104. The number of aliphatic imine (C=N–C) groups is 1. The number of hydrogen-bond donors (Lipinski definition) is 0. The summed E-state index contributed by atoms with van der Waals surface area (Å²) in [5, 5.41) is 0. The van der Waals surface area contributed by atoms with Crippen molar-refractivity contribution in [3.05, 3.63) is 28.4 Å². The minimum Gasteiger partial charge on any atom is -0.418 e. The molecule has 0 aliphatic carbocycles. The Kier molecular flexibility index (Phi) is 9.96. The molecular weight excluding hydrogens is 447 g/mol. The van der Waals surface area contributed by atoms with Crippen molar-refractivity contribution in [2.45, 2.75) is 107 Å². The van der Waals surface area contributed by atoms with Gasteiger partial charge in [-0.15, -0.1) is 0 Å². The molecule has 0 aliphatic rings. The minimum atomic E-state index is -6.00. The molecule has 0 atom stereocenters. The zero-order valence-corrected chi connectivity index (χ0v) is 22.7. The molecule has 2 aromatic heterocycles. The van der Waals surface area contributed by atoms with Gasteiger partial charge in [0.25, 0.3) is 0 Å². The normalized spacial score (nSPS) is 12.5. The SMILES string of the molecule is Cc1c(C)[n+](C(C)C)c(/N=C/N=c2n(C(C)C)c(C)c(C)n2C(C)C)n1C(C)C.F[B-](F)(F)F. The molecule has 194 valence electrons. The standard InChI is InChI=1S/C23H41N6.BF4/c1-14(2)26-18(9)19(10)27(15(3)4)22(26)24-13-25-23-28(16(5)6)20(11)21(12)29(23)17(7)8;2-1(3,4)5/h13-17H,1-12H3;/q+1;-1. The number of rotatable bonds is 6. The van der Waals surface area contributed by atoms with Crippen LogP contribution in [0.5, 0.6) is 0 Å². The Hall–Kier alpha value is -2.33. The maximum absolute atomic E-state index is 9.75. The molecule has 2 aromatic rings. The van der Waals surface area contributed by atoms with Gasteiger partial charge >= 0.3 is 13.2 Å². The Morgan fingerprint density at radius 2 is 1.09 bits per heavy atom. The van der Waals surface area contributed by atoms with Gasteiger partial charge in [-0.25, -0.2) is 9.13 Å². The van der Waals surface area contributed by atoms with E-state index < -0.39 is 7.25 Å². The fourth-order valence-corrected chi connectivity index (χ4v) is 4.38. The molecule has 2 rings (SSSR count). The summed E-state index contributed by atoms with van der Waals surface area (Å²) in [5.74, 6) is 0.959. The first-order valence-electron chi connectivity index (χ1n) is 11.8. The molecule has 34 heavy (non-hydrogen) atoms. The van der Waals surface area contributed by atoms with Crippen molar-refractivity contribution in [3.8, 4) is 0 Å². The molecule has 0 bridgehead atoms. The van der Waals surface area contributed by atoms with Gasteiger partial charge in [-0.05, 0) is 83.1 Å². The van der Waals surface area contributed by atoms with E-state index in [9.17, 15) is 17.3 Å². The van der Waals surface area contributed by atoms with Gasteiger partial charge in [0, 0.05) is 23.5 Å². The van der Waals surface area contributed by atoms with Crippen LogP contribution in [-0.2, 0) is 0 Å². The Morgan fingerprint density at radius 3 is 1.41 bits per heavy atom. The lowest BCUT2D eigenvalue weighted by molar-refractivity contribution is -0.708. The lowest BCUT2D eigenvalue weighted by atomic mass is 10.3. The monoisotopic (exact) mass is 488 g/mol. The average Bonchev–Trinajstić information content (AvgIpc) is 3.04. The predicted molar refractivity (Wildman–Crippen MR) is 131 cm³/mol. The predicted octanol–water partition coefficient (Wildman–Crippen LogP) is 6.50. The molecule has 0 amide bonds. The van der Waals surface area contributed by atoms with Crippen molar-refractivity contribution in [1.29, 1.82) is 0 Å². The highest BCUT2D eigenvalue weighted by atomic mass is 19.5. The molecule has 0 saturated heterocycles. The second kappa shape index (κ2) is 11.4. The van der Waals surface area contributed by atoms with Crippen LogP contribution in [0.25, 0.3) is 0 Å². The van der Waals surface area contributed by atoms with E-state index in [0.717, 1.165) is 11.6 Å². The number of hydrogen-bond acceptors (Lipinski definition) is 1. The molecule has 0 unspecified atom stereocenters. The van der Waals surface area contributed by atoms with Gasteiger partial charge in [-0.1, -0.05) is 4.99 Å². The lowest BCUT2D eigenvalue weighted by Gasteiger charge is -2.11. The molecule has 6 nitrogen and oxygen atoms in total. The van der Waals surface area contributed by atoms with Crippen LogP contribution in [0.3, 0.4) is 0 Å². The summed E-state index contributed by atoms with van der Waals surface area (Å²) < 4.78 is 48.2. The van der Waals surface area contributed by atoms with E-state index in [0.29, 0.717) is 24.2 Å². The largest absolute Gasteiger partial charge is 0.673 e. The fourth-order valence-electron chi connectivity index (χ4n) is 4.38. The number of aromatic nitrogens is 4. The van der Waals surface area contributed by atoms with Crippen LogP contribution in [0.15, 0.2) is 9.98 Å². The molecule has 11 heteroatoms. The third kappa shape index (κ3) is 6.85. The van der Waals surface area contributed by atoms with E-state index in [1.165, 1.54) is 22.8 Å². The number of halogens is 4. The summed E-state index contributed by atoms with van der Waals surface area (Å²) in [6, 6.07) is 1.35. The highest BCUT2D eigenvalue weighted by Crippen LogP contribution is 2.23. The van der Waals surface area contributed by atoms with Gasteiger partial charge in [0.1, 0.15) is 11.4 Å². The summed E-state index contributed by atoms with van der Waals surface area (Å²) in [6.07, 6.45) is 1.73. The smallest absolute Gasteiger partial charge is 0.418 e. The Morgan fingerprint density at radius 1 is 0.706 bits per heavy atom. The molecule has 0 spiro atoms. The first-order chi connectivity index (χ1) is 15.4. The highest BCUT2D eigenvalue weighted by Gasteiger charge is 2.27. The Labute approximate surface area is 201 Å². The maximum atomic E-state index is 9.75. The highest BCUT2D eigenvalue weighted by molar-refractivity contribution is 6.50. The van der Waals surface area contributed by atoms with Crippen LogP contribution in [-0.4, -0.2) is 27.3 Å². The second-order valence-corrected chi connectivity index (χ2v) is 9.67. The first kappa shape index (κ1) is 29.7. The van der Waals surface area contributed by atoms with E-state index in [1.807, 2.05) is 0 Å². The molecule has 0 saturated carbocycles. The van der Waals surface area contributed by atoms with Gasteiger partial charge in [-0.2, -0.15) is 4.99 Å². The van der Waals surface area contributed by atoms with Crippen LogP contribution in [0.1, 0.15) is 102 Å². The Bertz CT molecular complexity index is 997. The van der Waals surface area contributed by atoms with Crippen LogP contribution in [0.2, 0.25) is 0 Å². The van der Waals surface area contributed by atoms with Crippen LogP contribution < -0.4 is 10.2 Å². The average molecular weight is 488 g/mol. The molecule has 0 aliphatic heterocycles. The minimum absolute atomic E-state index is 0.338. The third-order valence-corrected chi connectivity index (χ3v) is 5.77. The number of imidazole rings is 2. The van der Waals surface area contributed by atoms with Crippen molar-refractivity contribution in [3.63, 3.8) is 0 Å². The van der Waals surface area contributed by atoms with E-state index in [2.05, 4.69) is 101 Å². The van der Waals surface area contributed by atoms with Crippen LogP contribution in [0.4, 0.5) is 23.2 Å². The zero-order chi connectivity index (χ0) is 26.7. The van der Waals surface area contributed by atoms with Crippen LogP contribution in [0, 0.1) is 27.7 Å². The third-order valence-electron chi connectivity index (χ3n) is 5.77. The molecule has 0 aromatic carbocycles. The second-order valence-electron chi connectivity index (χ2n) is 9.67. The lowest BCUT2D eigenvalue weighted by Crippen LogP contribution is -2.38. The number of nitrogens with zero attached hydrogens (tertiary/aromatic N) is 6. The quantitative estimate of drug-likeness (QED) is 0.147. The molecule has 2 heterocycles. The molecule has 0 fully saturated rings. The van der Waals surface area contributed by atoms with Crippen molar-refractivity contribution in [1.82, 2.24) is 13.7 Å². The van der Waals surface area contributed by atoms with Crippen molar-refractivity contribution < 1.29 is 21.8 Å². The van der Waals surface area contributed by atoms with Gasteiger partial charge < -0.3 is 26.4 Å².